The number of nitrogens with one attached hydrogen (secondary N) is 1. The smallest absolute Gasteiger partial charge is 0.251 e. The van der Waals surface area contributed by atoms with E-state index in [1.165, 1.54) is 19.3 Å². The number of rotatable bonds is 3. The van der Waals surface area contributed by atoms with Crippen molar-refractivity contribution in [3.63, 3.8) is 0 Å². The molecular formula is C22H24ClNO3. The van der Waals surface area contributed by atoms with Gasteiger partial charge in [-0.25, -0.2) is 0 Å². The number of halogens is 1. The molecule has 1 aliphatic heterocycles. The summed E-state index contributed by atoms with van der Waals surface area (Å²) in [7, 11) is 1.56. The van der Waals surface area contributed by atoms with Crippen LogP contribution in [-0.4, -0.2) is 18.6 Å². The summed E-state index contributed by atoms with van der Waals surface area (Å²) in [6.45, 7) is 0. The van der Waals surface area contributed by atoms with Gasteiger partial charge in [0.2, 0.25) is 0 Å². The van der Waals surface area contributed by atoms with Crippen LogP contribution in [0.25, 0.3) is 0 Å². The minimum absolute atomic E-state index is 0.0681. The van der Waals surface area contributed by atoms with Crippen molar-refractivity contribution in [2.45, 2.75) is 50.2 Å². The second-order valence-corrected chi connectivity index (χ2v) is 7.87. The van der Waals surface area contributed by atoms with Crippen molar-refractivity contribution in [3.05, 3.63) is 58.6 Å². The van der Waals surface area contributed by atoms with E-state index in [9.17, 15) is 4.79 Å². The molecule has 2 aliphatic rings. The molecule has 1 amide bonds. The Morgan fingerprint density at radius 2 is 1.96 bits per heavy atom. The normalized spacial score (nSPS) is 20.4. The van der Waals surface area contributed by atoms with Crippen LogP contribution in [-0.2, 0) is 0 Å². The first-order valence-corrected chi connectivity index (χ1v) is 9.90. The van der Waals surface area contributed by atoms with Gasteiger partial charge in [-0.15, -0.1) is 0 Å². The van der Waals surface area contributed by atoms with Crippen LogP contribution in [0.15, 0.2) is 42.5 Å². The molecule has 0 unspecified atom stereocenters. The first-order valence-electron chi connectivity index (χ1n) is 9.53. The molecule has 0 radical (unpaired) electrons. The maximum Gasteiger partial charge on any atom is 0.251 e. The third-order valence-corrected chi connectivity index (χ3v) is 5.98. The van der Waals surface area contributed by atoms with Crippen LogP contribution in [0, 0.1) is 0 Å². The minimum Gasteiger partial charge on any atom is -0.495 e. The van der Waals surface area contributed by atoms with Gasteiger partial charge in [-0.1, -0.05) is 36.2 Å². The average molecular weight is 386 g/mol. The second-order valence-electron chi connectivity index (χ2n) is 7.46. The summed E-state index contributed by atoms with van der Waals surface area (Å²) in [5, 5.41) is 3.64. The van der Waals surface area contributed by atoms with Gasteiger partial charge >= 0.3 is 0 Å². The molecule has 1 N–H and O–H groups in total. The number of amides is 1. The van der Waals surface area contributed by atoms with Crippen molar-refractivity contribution in [2.24, 2.45) is 0 Å². The van der Waals surface area contributed by atoms with E-state index in [0.29, 0.717) is 16.3 Å². The van der Waals surface area contributed by atoms with Crippen LogP contribution in [0.3, 0.4) is 0 Å². The van der Waals surface area contributed by atoms with Crippen LogP contribution in [0.1, 0.15) is 60.5 Å². The zero-order chi connectivity index (χ0) is 18.9. The van der Waals surface area contributed by atoms with Gasteiger partial charge in [0.05, 0.1) is 18.2 Å². The number of hydrogen-bond donors (Lipinski definition) is 1. The summed E-state index contributed by atoms with van der Waals surface area (Å²) in [5.74, 6) is 1.32. The molecule has 0 aromatic heterocycles. The van der Waals surface area contributed by atoms with E-state index in [0.717, 1.165) is 30.6 Å². The van der Waals surface area contributed by atoms with Gasteiger partial charge in [-0.2, -0.15) is 0 Å². The molecule has 5 heteroatoms. The van der Waals surface area contributed by atoms with Crippen LogP contribution >= 0.6 is 11.6 Å². The first-order chi connectivity index (χ1) is 13.1. The molecule has 1 aliphatic carbocycles. The Morgan fingerprint density at radius 1 is 1.19 bits per heavy atom. The standard InChI is InChI=1S/C22H24ClNO3/c1-26-20-10-9-15(13-17(20)23)21(25)24-18-14-22(11-5-2-6-12-22)27-19-8-4-3-7-16(18)19/h3-4,7-10,13,18H,2,5-6,11-12,14H2,1H3,(H,24,25)/t18-/m0/s1. The summed E-state index contributed by atoms with van der Waals surface area (Å²) in [4.78, 5) is 12.9. The fourth-order valence-electron chi connectivity index (χ4n) is 4.30. The van der Waals surface area contributed by atoms with Crippen molar-refractivity contribution in [2.75, 3.05) is 7.11 Å². The molecule has 142 valence electrons. The van der Waals surface area contributed by atoms with Gasteiger partial charge in [0.15, 0.2) is 0 Å². The van der Waals surface area contributed by atoms with E-state index in [4.69, 9.17) is 21.1 Å². The number of methoxy groups -OCH3 is 1. The Kier molecular flexibility index (Phi) is 5.00. The first kappa shape index (κ1) is 18.2. The number of fused-ring (bicyclic) bond motifs is 1. The van der Waals surface area contributed by atoms with E-state index < -0.39 is 0 Å². The lowest BCUT2D eigenvalue weighted by Gasteiger charge is -2.44. The zero-order valence-corrected chi connectivity index (χ0v) is 16.2. The Labute approximate surface area is 164 Å². The average Bonchev–Trinajstić information content (AvgIpc) is 2.68. The SMILES string of the molecule is COc1ccc(C(=O)N[C@H]2CC3(CCCCC3)Oc3ccccc32)cc1Cl. The molecule has 4 nitrogen and oxygen atoms in total. The molecule has 2 aromatic carbocycles. The molecule has 4 rings (SSSR count). The molecular weight excluding hydrogens is 362 g/mol. The largest absolute Gasteiger partial charge is 0.495 e. The summed E-state index contributed by atoms with van der Waals surface area (Å²) in [6, 6.07) is 13.1. The quantitative estimate of drug-likeness (QED) is 0.779. The van der Waals surface area contributed by atoms with Crippen molar-refractivity contribution in [1.82, 2.24) is 5.32 Å². The van der Waals surface area contributed by atoms with Crippen LogP contribution < -0.4 is 14.8 Å². The lowest BCUT2D eigenvalue weighted by molar-refractivity contribution is -0.00209. The number of hydrogen-bond acceptors (Lipinski definition) is 3. The number of para-hydroxylation sites is 1. The van der Waals surface area contributed by atoms with Crippen molar-refractivity contribution in [3.8, 4) is 11.5 Å². The topological polar surface area (TPSA) is 47.6 Å². The Morgan fingerprint density at radius 3 is 2.70 bits per heavy atom. The molecule has 27 heavy (non-hydrogen) atoms. The van der Waals surface area contributed by atoms with Gasteiger partial charge in [0.25, 0.3) is 5.91 Å². The van der Waals surface area contributed by atoms with Gasteiger partial charge in [-0.05, 0) is 49.9 Å². The molecule has 2 aromatic rings. The predicted molar refractivity (Wildman–Crippen MR) is 106 cm³/mol. The fraction of sp³-hybridized carbons (Fsp3) is 0.409. The maximum absolute atomic E-state index is 12.9. The Bertz CT molecular complexity index is 845. The van der Waals surface area contributed by atoms with Crippen LogP contribution in [0.2, 0.25) is 5.02 Å². The summed E-state index contributed by atoms with van der Waals surface area (Å²) >= 11 is 6.19. The second kappa shape index (κ2) is 7.43. The van der Waals surface area contributed by atoms with Crippen LogP contribution in [0.5, 0.6) is 11.5 Å². The predicted octanol–water partition coefficient (Wildman–Crippen LogP) is 5.31. The molecule has 1 saturated carbocycles. The van der Waals surface area contributed by atoms with Crippen LogP contribution in [0.4, 0.5) is 0 Å². The van der Waals surface area contributed by atoms with Gasteiger partial charge < -0.3 is 14.8 Å². The number of benzene rings is 2. The monoisotopic (exact) mass is 385 g/mol. The Hall–Kier alpha value is -2.20. The highest BCUT2D eigenvalue weighted by Gasteiger charge is 2.42. The maximum atomic E-state index is 12.9. The van der Waals surface area contributed by atoms with E-state index in [1.54, 1.807) is 25.3 Å². The third-order valence-electron chi connectivity index (χ3n) is 5.68. The highest BCUT2D eigenvalue weighted by molar-refractivity contribution is 6.32. The lowest BCUT2D eigenvalue weighted by Crippen LogP contribution is -2.46. The van der Waals surface area contributed by atoms with E-state index >= 15 is 0 Å². The number of carbonyl (C=O) groups is 1. The van der Waals surface area contributed by atoms with Crippen molar-refractivity contribution >= 4 is 17.5 Å². The Balaban J connectivity index is 1.60. The summed E-state index contributed by atoms with van der Waals surface area (Å²) in [5.41, 5.74) is 1.41. The van der Waals surface area contributed by atoms with E-state index in [1.807, 2.05) is 24.3 Å². The molecule has 0 saturated heterocycles. The van der Waals surface area contributed by atoms with Gasteiger partial charge in [-0.3, -0.25) is 4.79 Å². The number of carbonyl (C=O) groups excluding carboxylic acids is 1. The van der Waals surface area contributed by atoms with E-state index in [-0.39, 0.29) is 17.6 Å². The highest BCUT2D eigenvalue weighted by atomic mass is 35.5. The summed E-state index contributed by atoms with van der Waals surface area (Å²) in [6.07, 6.45) is 6.51. The van der Waals surface area contributed by atoms with Crippen molar-refractivity contribution < 1.29 is 14.3 Å². The highest BCUT2D eigenvalue weighted by Crippen LogP contribution is 2.46. The molecule has 0 bridgehead atoms. The molecule has 1 spiro atoms. The third kappa shape index (κ3) is 3.63. The van der Waals surface area contributed by atoms with Gasteiger partial charge in [0, 0.05) is 17.5 Å². The number of ether oxygens (including phenoxy) is 2. The van der Waals surface area contributed by atoms with E-state index in [2.05, 4.69) is 5.32 Å². The summed E-state index contributed by atoms with van der Waals surface area (Å²) < 4.78 is 11.6. The molecule has 1 heterocycles. The van der Waals surface area contributed by atoms with Crippen molar-refractivity contribution in [1.29, 1.82) is 0 Å². The minimum atomic E-state index is -0.165. The zero-order valence-electron chi connectivity index (χ0n) is 15.5. The molecule has 1 fully saturated rings. The van der Waals surface area contributed by atoms with Gasteiger partial charge in [0.1, 0.15) is 17.1 Å². The molecule has 1 atom stereocenters. The lowest BCUT2D eigenvalue weighted by atomic mass is 9.77. The fourth-order valence-corrected chi connectivity index (χ4v) is 4.56.